The summed E-state index contributed by atoms with van der Waals surface area (Å²) in [7, 11) is 0. The van der Waals surface area contributed by atoms with Crippen LogP contribution in [0.1, 0.15) is 57.9 Å². The second-order valence-electron chi connectivity index (χ2n) is 13.5. The highest BCUT2D eigenvalue weighted by Crippen LogP contribution is 2.30. The van der Waals surface area contributed by atoms with Crippen LogP contribution in [0, 0.1) is 0 Å². The van der Waals surface area contributed by atoms with Gasteiger partial charge in [-0.15, -0.1) is 0 Å². The van der Waals surface area contributed by atoms with Gasteiger partial charge in [0.25, 0.3) is 5.91 Å². The number of amides is 4. The number of likely N-dealkylation sites (tertiary alicyclic amines) is 1. The van der Waals surface area contributed by atoms with Gasteiger partial charge in [-0.1, -0.05) is 12.1 Å². The van der Waals surface area contributed by atoms with E-state index in [0.29, 0.717) is 31.9 Å². The molecule has 1 aromatic carbocycles. The maximum absolute atomic E-state index is 13.5. The number of nitrogens with two attached hydrogens (primary N) is 1. The minimum absolute atomic E-state index is 0.00658. The Morgan fingerprint density at radius 2 is 1.92 bits per heavy atom. The molecule has 0 radical (unpaired) electrons. The third-order valence-corrected chi connectivity index (χ3v) is 9.44. The lowest BCUT2D eigenvalue weighted by molar-refractivity contribution is -0.138. The average molecular weight is 658 g/mol. The second-order valence-corrected chi connectivity index (χ2v) is 13.5. The third-order valence-electron chi connectivity index (χ3n) is 9.44. The van der Waals surface area contributed by atoms with Gasteiger partial charge in [-0.25, -0.2) is 4.79 Å². The molecule has 3 aliphatic rings. The molecule has 2 saturated heterocycles. The number of nitrogens with zero attached hydrogens (tertiary/aromatic N) is 5. The Kier molecular flexibility index (Phi) is 10.1. The molecule has 1 saturated carbocycles. The Balaban J connectivity index is 1.02. The van der Waals surface area contributed by atoms with E-state index < -0.39 is 5.60 Å². The topological polar surface area (TPSA) is 162 Å². The molecule has 4 heterocycles. The highest BCUT2D eigenvalue weighted by molar-refractivity contribution is 5.89. The van der Waals surface area contributed by atoms with Gasteiger partial charge in [-0.3, -0.25) is 19.7 Å². The molecule has 256 valence electrons. The van der Waals surface area contributed by atoms with E-state index in [-0.39, 0.29) is 42.5 Å². The minimum Gasteiger partial charge on any atom is -0.478 e. The summed E-state index contributed by atoms with van der Waals surface area (Å²) in [5.74, 6) is 0.0636. The van der Waals surface area contributed by atoms with Crippen LogP contribution in [0.15, 0.2) is 55.0 Å². The molecule has 0 spiro atoms. The zero-order valence-corrected chi connectivity index (χ0v) is 27.9. The molecule has 48 heavy (non-hydrogen) atoms. The van der Waals surface area contributed by atoms with Gasteiger partial charge in [0.05, 0.1) is 18.4 Å². The molecule has 3 fully saturated rings. The lowest BCUT2D eigenvalue weighted by Gasteiger charge is -2.36. The predicted molar refractivity (Wildman–Crippen MR) is 182 cm³/mol. The first kappa shape index (κ1) is 33.3. The molecule has 2 atom stereocenters. The van der Waals surface area contributed by atoms with Crippen molar-refractivity contribution in [3.8, 4) is 17.0 Å². The molecule has 2 aliphatic heterocycles. The molecule has 0 bridgehead atoms. The number of ether oxygens (including phenoxy) is 1. The normalized spacial score (nSPS) is 19.6. The lowest BCUT2D eigenvalue weighted by atomic mass is 10.0. The van der Waals surface area contributed by atoms with E-state index in [2.05, 4.69) is 30.7 Å². The number of nitrogens with one attached hydrogen (secondary N) is 3. The minimum atomic E-state index is -1.20. The maximum Gasteiger partial charge on any atom is 0.318 e. The van der Waals surface area contributed by atoms with Gasteiger partial charge in [-0.05, 0) is 76.1 Å². The first-order chi connectivity index (χ1) is 23.2. The summed E-state index contributed by atoms with van der Waals surface area (Å²) >= 11 is 0. The van der Waals surface area contributed by atoms with Crippen LogP contribution < -0.4 is 26.0 Å². The summed E-state index contributed by atoms with van der Waals surface area (Å²) in [6.07, 6.45) is 11.0. The van der Waals surface area contributed by atoms with Crippen molar-refractivity contribution in [1.29, 1.82) is 0 Å². The SMILES string of the molecule is CC(C)(Oc1cccc(N2CCC[C@@H](NC(=O)N(Cc3ccc(-c4cn[nH]c4)nc3)C3CC3)C2)c1)C(=O)NCC(=O)N1CCC[C@H]1CN. The number of urea groups is 1. The average Bonchev–Trinajstić information content (AvgIpc) is 3.55. The molecular formula is C35H47N9O4. The number of benzene rings is 1. The molecule has 0 unspecified atom stereocenters. The largest absolute Gasteiger partial charge is 0.478 e. The van der Waals surface area contributed by atoms with E-state index >= 15 is 0 Å². The lowest BCUT2D eigenvalue weighted by Crippen LogP contribution is -2.52. The van der Waals surface area contributed by atoms with E-state index in [1.807, 2.05) is 53.7 Å². The van der Waals surface area contributed by atoms with Gasteiger partial charge in [0.1, 0.15) is 5.75 Å². The van der Waals surface area contributed by atoms with Crippen LogP contribution in [-0.4, -0.2) is 99.3 Å². The van der Waals surface area contributed by atoms with Gasteiger partial charge in [-0.2, -0.15) is 5.10 Å². The van der Waals surface area contributed by atoms with Crippen molar-refractivity contribution < 1.29 is 19.1 Å². The summed E-state index contributed by atoms with van der Waals surface area (Å²) in [5, 5.41) is 12.9. The van der Waals surface area contributed by atoms with Gasteiger partial charge in [0.15, 0.2) is 5.60 Å². The van der Waals surface area contributed by atoms with Crippen LogP contribution in [0.3, 0.4) is 0 Å². The molecule has 2 aromatic heterocycles. The fourth-order valence-corrected chi connectivity index (χ4v) is 6.58. The van der Waals surface area contributed by atoms with E-state index in [0.717, 1.165) is 67.6 Å². The van der Waals surface area contributed by atoms with Crippen molar-refractivity contribution in [3.63, 3.8) is 0 Å². The Morgan fingerprint density at radius 3 is 2.65 bits per heavy atom. The maximum atomic E-state index is 13.5. The summed E-state index contributed by atoms with van der Waals surface area (Å²) in [4.78, 5) is 49.8. The highest BCUT2D eigenvalue weighted by atomic mass is 16.5. The Morgan fingerprint density at radius 1 is 1.08 bits per heavy atom. The van der Waals surface area contributed by atoms with Crippen LogP contribution in [0.25, 0.3) is 11.3 Å². The fourth-order valence-electron chi connectivity index (χ4n) is 6.58. The van der Waals surface area contributed by atoms with Crippen LogP contribution in [0.2, 0.25) is 0 Å². The smallest absolute Gasteiger partial charge is 0.318 e. The Hall–Kier alpha value is -4.65. The predicted octanol–water partition coefficient (Wildman–Crippen LogP) is 3.04. The number of hydrogen-bond acceptors (Lipinski definition) is 8. The summed E-state index contributed by atoms with van der Waals surface area (Å²) in [6, 6.07) is 11.9. The van der Waals surface area contributed by atoms with E-state index in [1.165, 1.54) is 0 Å². The van der Waals surface area contributed by atoms with Gasteiger partial charge < -0.3 is 35.8 Å². The van der Waals surface area contributed by atoms with Crippen molar-refractivity contribution >= 4 is 23.5 Å². The number of anilines is 1. The third kappa shape index (κ3) is 8.07. The fraction of sp³-hybridized carbons (Fsp3) is 0.514. The number of pyridine rings is 1. The quantitative estimate of drug-likeness (QED) is 0.231. The van der Waals surface area contributed by atoms with Gasteiger partial charge in [0, 0.05) is 80.6 Å². The number of carbonyl (C=O) groups is 3. The Bertz CT molecular complexity index is 1560. The molecule has 4 amide bonds. The first-order valence-electron chi connectivity index (χ1n) is 17.0. The number of carbonyl (C=O) groups excluding carboxylic acids is 3. The van der Waals surface area contributed by atoms with Crippen molar-refractivity contribution in [2.75, 3.05) is 37.6 Å². The molecule has 3 aromatic rings. The van der Waals surface area contributed by atoms with Crippen molar-refractivity contribution in [1.82, 2.24) is 35.6 Å². The highest BCUT2D eigenvalue weighted by Gasteiger charge is 2.35. The number of rotatable bonds is 12. The van der Waals surface area contributed by atoms with Crippen molar-refractivity contribution in [2.45, 2.75) is 82.6 Å². The monoisotopic (exact) mass is 657 g/mol. The van der Waals surface area contributed by atoms with Crippen LogP contribution in [-0.2, 0) is 16.1 Å². The molecule has 6 rings (SSSR count). The van der Waals surface area contributed by atoms with Crippen LogP contribution in [0.4, 0.5) is 10.5 Å². The summed E-state index contributed by atoms with van der Waals surface area (Å²) in [5.41, 5.74) is 8.32. The van der Waals surface area contributed by atoms with E-state index in [9.17, 15) is 14.4 Å². The van der Waals surface area contributed by atoms with Crippen LogP contribution in [0.5, 0.6) is 5.75 Å². The van der Waals surface area contributed by atoms with E-state index in [1.54, 1.807) is 24.9 Å². The molecular weight excluding hydrogens is 610 g/mol. The second kappa shape index (κ2) is 14.6. The zero-order chi connectivity index (χ0) is 33.7. The summed E-state index contributed by atoms with van der Waals surface area (Å²) < 4.78 is 6.17. The number of hydrogen-bond donors (Lipinski definition) is 4. The zero-order valence-electron chi connectivity index (χ0n) is 27.9. The number of aromatic amines is 1. The standard InChI is InChI=1S/C35H47N9O4/c1-35(2,33(46)38-21-32(45)43-15-5-8-29(43)17-36)48-30-9-3-7-28(16-30)42-14-4-6-26(23-42)41-34(47)44(27-11-12-27)22-24-10-13-31(37-18-24)25-19-39-40-20-25/h3,7,9-10,13,16,18-20,26-27,29H,4-6,8,11-12,14-15,17,21-23,36H2,1-2H3,(H,38,46)(H,39,40)(H,41,47)/t26-,29+/m1/s1. The molecule has 5 N–H and O–H groups in total. The van der Waals surface area contributed by atoms with Crippen molar-refractivity contribution in [2.24, 2.45) is 5.73 Å². The summed E-state index contributed by atoms with van der Waals surface area (Å²) in [6.45, 7) is 6.42. The number of aromatic nitrogens is 3. The Labute approximate surface area is 281 Å². The van der Waals surface area contributed by atoms with Crippen molar-refractivity contribution in [3.05, 3.63) is 60.6 Å². The van der Waals surface area contributed by atoms with Gasteiger partial charge >= 0.3 is 6.03 Å². The van der Waals surface area contributed by atoms with E-state index in [4.69, 9.17) is 10.5 Å². The first-order valence-corrected chi connectivity index (χ1v) is 17.0. The number of piperidine rings is 1. The molecule has 13 heteroatoms. The molecule has 1 aliphatic carbocycles. The van der Waals surface area contributed by atoms with Crippen LogP contribution >= 0.6 is 0 Å². The number of H-pyrrole nitrogens is 1. The molecule has 13 nitrogen and oxygen atoms in total. The van der Waals surface area contributed by atoms with Gasteiger partial charge in [0.2, 0.25) is 5.91 Å².